The van der Waals surface area contributed by atoms with E-state index in [1.54, 1.807) is 24.3 Å². The molecule has 2 aromatic carbocycles. The van der Waals surface area contributed by atoms with Crippen LogP contribution in [0.5, 0.6) is 0 Å². The first kappa shape index (κ1) is 17.2. The lowest BCUT2D eigenvalue weighted by Crippen LogP contribution is -2.19. The molecule has 1 fully saturated rings. The van der Waals surface area contributed by atoms with Crippen molar-refractivity contribution in [2.45, 2.75) is 18.9 Å². The number of carbonyl (C=O) groups is 1. The molecule has 4 rings (SSSR count). The molecule has 0 amide bonds. The van der Waals surface area contributed by atoms with E-state index in [0.29, 0.717) is 18.2 Å². The fourth-order valence-electron chi connectivity index (χ4n) is 3.14. The van der Waals surface area contributed by atoms with Crippen LogP contribution in [0.4, 0.5) is 17.5 Å². The van der Waals surface area contributed by atoms with Gasteiger partial charge >= 0.3 is 5.97 Å². The zero-order chi connectivity index (χ0) is 18.6. The summed E-state index contributed by atoms with van der Waals surface area (Å²) in [4.78, 5) is 20.3. The highest BCUT2D eigenvalue weighted by Crippen LogP contribution is 2.24. The molecule has 1 aliphatic heterocycles. The number of hydrogen-bond acceptors (Lipinski definition) is 6. The zero-order valence-electron chi connectivity index (χ0n) is 14.7. The molecule has 138 valence electrons. The number of hydrogen-bond donors (Lipinski definition) is 3. The average Bonchev–Trinajstić information content (AvgIpc) is 3.20. The second-order valence-electron chi connectivity index (χ2n) is 6.44. The van der Waals surface area contributed by atoms with Crippen molar-refractivity contribution >= 4 is 34.3 Å². The number of ether oxygens (including phenoxy) is 1. The first-order valence-corrected chi connectivity index (χ1v) is 8.92. The van der Waals surface area contributed by atoms with Crippen molar-refractivity contribution in [1.82, 2.24) is 9.97 Å². The van der Waals surface area contributed by atoms with Gasteiger partial charge < -0.3 is 20.5 Å². The van der Waals surface area contributed by atoms with Crippen molar-refractivity contribution in [1.29, 1.82) is 0 Å². The van der Waals surface area contributed by atoms with Gasteiger partial charge in [-0.3, -0.25) is 0 Å². The maximum atomic E-state index is 11.2. The Labute approximate surface area is 156 Å². The van der Waals surface area contributed by atoms with Crippen molar-refractivity contribution in [2.24, 2.45) is 0 Å². The molecule has 3 N–H and O–H groups in total. The number of rotatable bonds is 6. The number of fused-ring (bicyclic) bond motifs is 1. The summed E-state index contributed by atoms with van der Waals surface area (Å²) in [5.74, 6) is 0.163. The van der Waals surface area contributed by atoms with Crippen LogP contribution >= 0.6 is 0 Å². The number of nitrogens with one attached hydrogen (secondary N) is 2. The van der Waals surface area contributed by atoms with E-state index in [0.717, 1.165) is 36.2 Å². The topological polar surface area (TPSA) is 96.4 Å². The van der Waals surface area contributed by atoms with Crippen LogP contribution in [0.15, 0.2) is 48.5 Å². The molecule has 0 radical (unpaired) electrons. The van der Waals surface area contributed by atoms with Gasteiger partial charge in [-0.25, -0.2) is 9.78 Å². The number of carboxylic acids is 1. The van der Waals surface area contributed by atoms with E-state index in [-0.39, 0.29) is 11.7 Å². The number of para-hydroxylation sites is 1. The van der Waals surface area contributed by atoms with Crippen molar-refractivity contribution in [3.63, 3.8) is 0 Å². The van der Waals surface area contributed by atoms with Gasteiger partial charge in [-0.15, -0.1) is 0 Å². The van der Waals surface area contributed by atoms with Crippen molar-refractivity contribution in [3.8, 4) is 0 Å². The summed E-state index contributed by atoms with van der Waals surface area (Å²) in [5, 5.41) is 16.6. The molecule has 1 aromatic heterocycles. The number of benzene rings is 2. The summed E-state index contributed by atoms with van der Waals surface area (Å²) in [6.45, 7) is 1.50. The van der Waals surface area contributed by atoms with Crippen molar-refractivity contribution in [3.05, 3.63) is 54.1 Å². The van der Waals surface area contributed by atoms with Gasteiger partial charge in [-0.2, -0.15) is 4.98 Å². The standard InChI is InChI=1S/C20H20N4O3/c25-19(26)13-5-3-6-14(11-13)22-20-23-17-9-2-1-8-16(17)18(24-20)21-12-15-7-4-10-27-15/h1-3,5-6,8-9,11,15H,4,7,10,12H2,(H,25,26)(H2,21,22,23,24)/t15-/m1/s1. The SMILES string of the molecule is O=C(O)c1cccc(Nc2nc(NC[C@H]3CCCO3)c3ccccc3n2)c1. The summed E-state index contributed by atoms with van der Waals surface area (Å²) in [6, 6.07) is 14.3. The van der Waals surface area contributed by atoms with Gasteiger partial charge in [0.15, 0.2) is 0 Å². The first-order valence-electron chi connectivity index (χ1n) is 8.92. The van der Waals surface area contributed by atoms with Crippen LogP contribution in [0.25, 0.3) is 10.9 Å². The number of aromatic carboxylic acids is 1. The summed E-state index contributed by atoms with van der Waals surface area (Å²) in [7, 11) is 0. The average molecular weight is 364 g/mol. The van der Waals surface area contributed by atoms with Crippen molar-refractivity contribution in [2.75, 3.05) is 23.8 Å². The predicted molar refractivity (Wildman–Crippen MR) is 104 cm³/mol. The van der Waals surface area contributed by atoms with E-state index in [4.69, 9.17) is 9.84 Å². The fourth-order valence-corrected chi connectivity index (χ4v) is 3.14. The molecule has 0 spiro atoms. The second kappa shape index (κ2) is 7.59. The summed E-state index contributed by atoms with van der Waals surface area (Å²) >= 11 is 0. The van der Waals surface area contributed by atoms with Crippen molar-refractivity contribution < 1.29 is 14.6 Å². The van der Waals surface area contributed by atoms with Crippen LogP contribution in [0, 0.1) is 0 Å². The zero-order valence-corrected chi connectivity index (χ0v) is 14.7. The molecular formula is C20H20N4O3. The molecule has 7 nitrogen and oxygen atoms in total. The lowest BCUT2D eigenvalue weighted by molar-refractivity contribution is 0.0697. The van der Waals surface area contributed by atoms with Crippen LogP contribution in [0.2, 0.25) is 0 Å². The molecule has 0 unspecified atom stereocenters. The minimum absolute atomic E-state index is 0.197. The second-order valence-corrected chi connectivity index (χ2v) is 6.44. The molecule has 27 heavy (non-hydrogen) atoms. The quantitative estimate of drug-likeness (QED) is 0.614. The highest BCUT2D eigenvalue weighted by molar-refractivity contribution is 5.91. The Morgan fingerprint density at radius 1 is 1.19 bits per heavy atom. The van der Waals surface area contributed by atoms with Crippen LogP contribution < -0.4 is 10.6 Å². The van der Waals surface area contributed by atoms with E-state index in [9.17, 15) is 4.79 Å². The third-order valence-corrected chi connectivity index (χ3v) is 4.49. The maximum absolute atomic E-state index is 11.2. The molecule has 1 atom stereocenters. The lowest BCUT2D eigenvalue weighted by atomic mass is 10.2. The summed E-state index contributed by atoms with van der Waals surface area (Å²) < 4.78 is 5.67. The Hall–Kier alpha value is -3.19. The number of aromatic nitrogens is 2. The Morgan fingerprint density at radius 2 is 2.07 bits per heavy atom. The van der Waals surface area contributed by atoms with Gasteiger partial charge in [-0.1, -0.05) is 18.2 Å². The minimum atomic E-state index is -0.975. The Morgan fingerprint density at radius 3 is 2.89 bits per heavy atom. The molecule has 1 aliphatic rings. The molecule has 1 saturated heterocycles. The fraction of sp³-hybridized carbons (Fsp3) is 0.250. The highest BCUT2D eigenvalue weighted by Gasteiger charge is 2.16. The maximum Gasteiger partial charge on any atom is 0.335 e. The van der Waals surface area contributed by atoms with Crippen LogP contribution in [-0.2, 0) is 4.74 Å². The van der Waals surface area contributed by atoms with E-state index in [1.165, 1.54) is 0 Å². The molecule has 2 heterocycles. The first-order chi connectivity index (χ1) is 13.2. The Kier molecular flexibility index (Phi) is 4.84. The smallest absolute Gasteiger partial charge is 0.335 e. The number of nitrogens with zero attached hydrogens (tertiary/aromatic N) is 2. The third-order valence-electron chi connectivity index (χ3n) is 4.49. The third kappa shape index (κ3) is 3.98. The number of carboxylic acid groups (broad SMARTS) is 1. The molecule has 0 saturated carbocycles. The monoisotopic (exact) mass is 364 g/mol. The molecule has 7 heteroatoms. The predicted octanol–water partition coefficient (Wildman–Crippen LogP) is 3.66. The van der Waals surface area contributed by atoms with E-state index in [2.05, 4.69) is 20.6 Å². The van der Waals surface area contributed by atoms with E-state index < -0.39 is 5.97 Å². The molecule has 0 bridgehead atoms. The van der Waals surface area contributed by atoms with E-state index in [1.807, 2.05) is 24.3 Å². The van der Waals surface area contributed by atoms with Gasteiger partial charge in [-0.05, 0) is 43.2 Å². The normalized spacial score (nSPS) is 16.4. The minimum Gasteiger partial charge on any atom is -0.478 e. The van der Waals surface area contributed by atoms with E-state index >= 15 is 0 Å². The summed E-state index contributed by atoms with van der Waals surface area (Å²) in [5.41, 5.74) is 1.63. The molecule has 0 aliphatic carbocycles. The van der Waals surface area contributed by atoms with Crippen LogP contribution in [-0.4, -0.2) is 40.3 Å². The lowest BCUT2D eigenvalue weighted by Gasteiger charge is -2.14. The van der Waals surface area contributed by atoms with Crippen LogP contribution in [0.1, 0.15) is 23.2 Å². The highest BCUT2D eigenvalue weighted by atomic mass is 16.5. The molecular weight excluding hydrogens is 344 g/mol. The van der Waals surface area contributed by atoms with Crippen LogP contribution in [0.3, 0.4) is 0 Å². The summed E-state index contributed by atoms with van der Waals surface area (Å²) in [6.07, 6.45) is 2.33. The van der Waals surface area contributed by atoms with Gasteiger partial charge in [0.05, 0.1) is 17.2 Å². The van der Waals surface area contributed by atoms with Gasteiger partial charge in [0, 0.05) is 24.2 Å². The number of anilines is 3. The Balaban J connectivity index is 1.62. The largest absolute Gasteiger partial charge is 0.478 e. The van der Waals surface area contributed by atoms with Gasteiger partial charge in [0.1, 0.15) is 5.82 Å². The molecule has 3 aromatic rings. The Bertz CT molecular complexity index is 970. The van der Waals surface area contributed by atoms with Gasteiger partial charge in [0.25, 0.3) is 0 Å². The van der Waals surface area contributed by atoms with Gasteiger partial charge in [0.2, 0.25) is 5.95 Å².